The van der Waals surface area contributed by atoms with Crippen molar-refractivity contribution in [3.63, 3.8) is 0 Å². The molecule has 0 radical (unpaired) electrons. The number of benzene rings is 1. The van der Waals surface area contributed by atoms with Gasteiger partial charge in [0.25, 0.3) is 0 Å². The van der Waals surface area contributed by atoms with E-state index in [4.69, 9.17) is 0 Å². The van der Waals surface area contributed by atoms with E-state index in [1.165, 1.54) is 29.3 Å². The lowest BCUT2D eigenvalue weighted by atomic mass is 10.1. The van der Waals surface area contributed by atoms with Crippen molar-refractivity contribution in [1.29, 1.82) is 0 Å². The van der Waals surface area contributed by atoms with Crippen LogP contribution in [0.5, 0.6) is 0 Å². The lowest BCUT2D eigenvalue weighted by Gasteiger charge is -2.19. The van der Waals surface area contributed by atoms with Crippen molar-refractivity contribution in [2.75, 3.05) is 0 Å². The second-order valence-corrected chi connectivity index (χ2v) is 9.79. The molecule has 0 saturated carbocycles. The SMILES string of the molecule is CC[Si](C#C/C=C\c1ccc(C)cc1)(CC)CC. The first-order valence-corrected chi connectivity index (χ1v) is 9.54. The molecule has 1 aromatic carbocycles. The quantitative estimate of drug-likeness (QED) is 0.522. The zero-order valence-electron chi connectivity index (χ0n) is 12.1. The third kappa shape index (κ3) is 4.20. The standard InChI is InChI=1S/C17H24Si/c1-5-18(6-2,7-3)15-9-8-10-17-13-11-16(4)12-14-17/h8,10-14H,5-7H2,1-4H3/b10-8-. The number of aryl methyl sites for hydroxylation is 1. The van der Waals surface area contributed by atoms with Crippen molar-refractivity contribution in [1.82, 2.24) is 0 Å². The van der Waals surface area contributed by atoms with Crippen LogP contribution in [0, 0.1) is 18.4 Å². The van der Waals surface area contributed by atoms with Gasteiger partial charge in [-0.2, -0.15) is 0 Å². The van der Waals surface area contributed by atoms with Gasteiger partial charge in [0, 0.05) is 0 Å². The number of hydrogen-bond acceptors (Lipinski definition) is 0. The molecule has 1 rings (SSSR count). The summed E-state index contributed by atoms with van der Waals surface area (Å²) in [6.45, 7) is 8.98. The third-order valence-corrected chi connectivity index (χ3v) is 8.54. The first kappa shape index (κ1) is 14.8. The van der Waals surface area contributed by atoms with Gasteiger partial charge in [-0.05, 0) is 42.8 Å². The molecule has 0 atom stereocenters. The van der Waals surface area contributed by atoms with Crippen LogP contribution >= 0.6 is 0 Å². The van der Waals surface area contributed by atoms with E-state index in [0.717, 1.165) is 0 Å². The monoisotopic (exact) mass is 256 g/mol. The molecule has 0 spiro atoms. The molecule has 96 valence electrons. The summed E-state index contributed by atoms with van der Waals surface area (Å²) < 4.78 is 0. The Morgan fingerprint density at radius 2 is 1.56 bits per heavy atom. The van der Waals surface area contributed by atoms with Crippen molar-refractivity contribution in [2.45, 2.75) is 45.8 Å². The van der Waals surface area contributed by atoms with Gasteiger partial charge in [0.15, 0.2) is 0 Å². The molecular weight excluding hydrogens is 232 g/mol. The molecule has 18 heavy (non-hydrogen) atoms. The number of allylic oxidation sites excluding steroid dienone is 1. The summed E-state index contributed by atoms with van der Waals surface area (Å²) in [5, 5.41) is 0. The van der Waals surface area contributed by atoms with E-state index in [-0.39, 0.29) is 0 Å². The van der Waals surface area contributed by atoms with Crippen LogP contribution in [0.4, 0.5) is 0 Å². The Labute approximate surface area is 113 Å². The second-order valence-electron chi connectivity index (χ2n) is 4.85. The molecule has 0 aromatic heterocycles. The molecule has 0 bridgehead atoms. The van der Waals surface area contributed by atoms with E-state index in [0.29, 0.717) is 0 Å². The first-order chi connectivity index (χ1) is 8.65. The highest BCUT2D eigenvalue weighted by molar-refractivity contribution is 6.87. The fraction of sp³-hybridized carbons (Fsp3) is 0.412. The van der Waals surface area contributed by atoms with Gasteiger partial charge in [-0.3, -0.25) is 0 Å². The Hall–Kier alpha value is -1.26. The highest BCUT2D eigenvalue weighted by Crippen LogP contribution is 2.18. The summed E-state index contributed by atoms with van der Waals surface area (Å²) in [4.78, 5) is 0. The number of hydrogen-bond donors (Lipinski definition) is 0. The minimum atomic E-state index is -1.28. The van der Waals surface area contributed by atoms with Gasteiger partial charge in [0.1, 0.15) is 8.07 Å². The maximum atomic E-state index is 3.57. The van der Waals surface area contributed by atoms with Crippen molar-refractivity contribution in [2.24, 2.45) is 0 Å². The molecule has 1 heteroatoms. The summed E-state index contributed by atoms with van der Waals surface area (Å²) in [6, 6.07) is 12.4. The van der Waals surface area contributed by atoms with E-state index in [1.54, 1.807) is 0 Å². The Balaban J connectivity index is 2.73. The van der Waals surface area contributed by atoms with Gasteiger partial charge in [-0.25, -0.2) is 0 Å². The average Bonchev–Trinajstić information content (AvgIpc) is 2.42. The molecule has 0 fully saturated rings. The highest BCUT2D eigenvalue weighted by Gasteiger charge is 2.23. The van der Waals surface area contributed by atoms with Crippen molar-refractivity contribution < 1.29 is 0 Å². The van der Waals surface area contributed by atoms with Gasteiger partial charge in [-0.1, -0.05) is 56.5 Å². The summed E-state index contributed by atoms with van der Waals surface area (Å²) in [7, 11) is -1.28. The predicted octanol–water partition coefficient (Wildman–Crippen LogP) is 5.06. The molecular formula is C17H24Si. The lowest BCUT2D eigenvalue weighted by molar-refractivity contribution is 1.20. The lowest BCUT2D eigenvalue weighted by Crippen LogP contribution is -2.29. The van der Waals surface area contributed by atoms with Crippen LogP contribution in [0.1, 0.15) is 31.9 Å². The van der Waals surface area contributed by atoms with Crippen LogP contribution in [-0.2, 0) is 0 Å². The fourth-order valence-corrected chi connectivity index (χ4v) is 4.45. The van der Waals surface area contributed by atoms with Crippen molar-refractivity contribution in [3.05, 3.63) is 41.5 Å². The van der Waals surface area contributed by atoms with Crippen LogP contribution in [0.2, 0.25) is 18.1 Å². The van der Waals surface area contributed by atoms with E-state index >= 15 is 0 Å². The minimum absolute atomic E-state index is 1.23. The van der Waals surface area contributed by atoms with Crippen LogP contribution < -0.4 is 0 Å². The molecule has 0 N–H and O–H groups in total. The normalized spacial score (nSPS) is 11.3. The molecule has 0 aliphatic heterocycles. The third-order valence-electron chi connectivity index (χ3n) is 3.80. The topological polar surface area (TPSA) is 0 Å². The molecule has 0 saturated heterocycles. The van der Waals surface area contributed by atoms with E-state index < -0.39 is 8.07 Å². The Morgan fingerprint density at radius 1 is 1.00 bits per heavy atom. The summed E-state index contributed by atoms with van der Waals surface area (Å²) in [5.41, 5.74) is 6.09. The fourth-order valence-electron chi connectivity index (χ4n) is 2.03. The van der Waals surface area contributed by atoms with Crippen molar-refractivity contribution in [3.8, 4) is 11.5 Å². The smallest absolute Gasteiger partial charge is 0.127 e. The van der Waals surface area contributed by atoms with E-state index in [2.05, 4.69) is 69.5 Å². The molecule has 0 nitrogen and oxygen atoms in total. The number of rotatable bonds is 4. The molecule has 0 aliphatic rings. The highest BCUT2D eigenvalue weighted by atomic mass is 28.3. The van der Waals surface area contributed by atoms with Crippen LogP contribution in [0.25, 0.3) is 6.08 Å². The first-order valence-electron chi connectivity index (χ1n) is 6.91. The molecule has 0 heterocycles. The average molecular weight is 256 g/mol. The van der Waals surface area contributed by atoms with Crippen LogP contribution in [0.15, 0.2) is 30.3 Å². The van der Waals surface area contributed by atoms with Gasteiger partial charge in [-0.15, -0.1) is 5.54 Å². The molecule has 0 amide bonds. The Kier molecular flexibility index (Phi) is 5.95. The maximum absolute atomic E-state index is 3.57. The Bertz CT molecular complexity index is 430. The Morgan fingerprint density at radius 3 is 2.06 bits per heavy atom. The predicted molar refractivity (Wildman–Crippen MR) is 85.2 cm³/mol. The molecule has 0 aliphatic carbocycles. The molecule has 1 aromatic rings. The van der Waals surface area contributed by atoms with Gasteiger partial charge in [0.2, 0.25) is 0 Å². The zero-order valence-corrected chi connectivity index (χ0v) is 13.1. The summed E-state index contributed by atoms with van der Waals surface area (Å²) >= 11 is 0. The van der Waals surface area contributed by atoms with Gasteiger partial charge in [0.05, 0.1) is 0 Å². The maximum Gasteiger partial charge on any atom is 0.138 e. The second kappa shape index (κ2) is 7.23. The van der Waals surface area contributed by atoms with Gasteiger partial charge < -0.3 is 0 Å². The summed E-state index contributed by atoms with van der Waals surface area (Å²) in [6.07, 6.45) is 4.11. The van der Waals surface area contributed by atoms with E-state index in [9.17, 15) is 0 Å². The zero-order chi connectivity index (χ0) is 13.4. The van der Waals surface area contributed by atoms with Gasteiger partial charge >= 0.3 is 0 Å². The van der Waals surface area contributed by atoms with Crippen LogP contribution in [0.3, 0.4) is 0 Å². The van der Waals surface area contributed by atoms with Crippen LogP contribution in [-0.4, -0.2) is 8.07 Å². The minimum Gasteiger partial charge on any atom is -0.127 e. The van der Waals surface area contributed by atoms with E-state index in [1.807, 2.05) is 6.08 Å². The largest absolute Gasteiger partial charge is 0.138 e. The van der Waals surface area contributed by atoms with Crippen molar-refractivity contribution >= 4 is 14.1 Å². The summed E-state index contributed by atoms with van der Waals surface area (Å²) in [5.74, 6) is 3.27. The molecule has 0 unspecified atom stereocenters.